The van der Waals surface area contributed by atoms with Crippen LogP contribution in [0.2, 0.25) is 0 Å². The highest BCUT2D eigenvalue weighted by Gasteiger charge is 2.30. The van der Waals surface area contributed by atoms with E-state index in [1.165, 1.54) is 0 Å². The number of carbonyl (C=O) groups excluding carboxylic acids is 2. The first-order valence-corrected chi connectivity index (χ1v) is 11.9. The minimum Gasteiger partial charge on any atom is -0.461 e. The minimum atomic E-state index is -0.138. The molecule has 2 aliphatic rings. The number of rotatable bonds is 6. The van der Waals surface area contributed by atoms with Crippen LogP contribution < -0.4 is 16.0 Å². The SMILES string of the molecule is N=C(N)c1ccc(N2CCN(C(=O)NC3CCC(C(=O)OCc4ccccc4)CC3)CC2)cc1. The largest absolute Gasteiger partial charge is 0.461 e. The second kappa shape index (κ2) is 11.0. The van der Waals surface area contributed by atoms with Gasteiger partial charge in [-0.15, -0.1) is 0 Å². The zero-order valence-electron chi connectivity index (χ0n) is 19.4. The van der Waals surface area contributed by atoms with Gasteiger partial charge in [-0.1, -0.05) is 30.3 Å². The Bertz CT molecular complexity index is 979. The zero-order valence-corrected chi connectivity index (χ0v) is 19.4. The Kier molecular flexibility index (Phi) is 7.67. The molecule has 34 heavy (non-hydrogen) atoms. The van der Waals surface area contributed by atoms with E-state index in [0.29, 0.717) is 25.3 Å². The maximum atomic E-state index is 12.8. The molecular weight excluding hydrogens is 430 g/mol. The number of hydrogen-bond acceptors (Lipinski definition) is 5. The van der Waals surface area contributed by atoms with Crippen LogP contribution in [0.1, 0.15) is 36.8 Å². The summed E-state index contributed by atoms with van der Waals surface area (Å²) in [5, 5.41) is 10.7. The Morgan fingerprint density at radius 2 is 1.59 bits per heavy atom. The van der Waals surface area contributed by atoms with Crippen LogP contribution in [0, 0.1) is 11.3 Å². The van der Waals surface area contributed by atoms with E-state index >= 15 is 0 Å². The highest BCUT2D eigenvalue weighted by atomic mass is 16.5. The van der Waals surface area contributed by atoms with Gasteiger partial charge in [0, 0.05) is 43.5 Å². The Morgan fingerprint density at radius 3 is 2.21 bits per heavy atom. The number of amides is 2. The monoisotopic (exact) mass is 463 g/mol. The lowest BCUT2D eigenvalue weighted by molar-refractivity contribution is -0.151. The van der Waals surface area contributed by atoms with Crippen molar-refractivity contribution in [1.82, 2.24) is 10.2 Å². The third-order valence-electron chi connectivity index (χ3n) is 6.72. The molecule has 4 rings (SSSR count). The number of ether oxygens (including phenoxy) is 1. The Balaban J connectivity index is 1.16. The highest BCUT2D eigenvalue weighted by molar-refractivity contribution is 5.95. The molecule has 8 heteroatoms. The number of piperazine rings is 1. The smallest absolute Gasteiger partial charge is 0.317 e. The van der Waals surface area contributed by atoms with Crippen molar-refractivity contribution >= 4 is 23.5 Å². The van der Waals surface area contributed by atoms with Gasteiger partial charge in [-0.05, 0) is 55.5 Å². The van der Waals surface area contributed by atoms with Crippen molar-refractivity contribution < 1.29 is 14.3 Å². The number of nitrogen functional groups attached to an aromatic ring is 1. The summed E-state index contributed by atoms with van der Waals surface area (Å²) in [4.78, 5) is 29.3. The van der Waals surface area contributed by atoms with Gasteiger partial charge in [-0.3, -0.25) is 10.2 Å². The van der Waals surface area contributed by atoms with Crippen LogP contribution in [0.5, 0.6) is 0 Å². The van der Waals surface area contributed by atoms with Gasteiger partial charge in [0.15, 0.2) is 0 Å². The summed E-state index contributed by atoms with van der Waals surface area (Å²) in [5.41, 5.74) is 8.30. The molecule has 4 N–H and O–H groups in total. The fourth-order valence-corrected chi connectivity index (χ4v) is 4.61. The van der Waals surface area contributed by atoms with E-state index in [1.807, 2.05) is 59.5 Å². The second-order valence-corrected chi connectivity index (χ2v) is 9.03. The standard InChI is InChI=1S/C26H33N5O3/c27-24(28)20-8-12-23(13-9-20)30-14-16-31(17-15-30)26(33)29-22-10-6-21(7-11-22)25(32)34-18-19-4-2-1-3-5-19/h1-5,8-9,12-13,21-22H,6-7,10-11,14-18H2,(H3,27,28)(H,29,33). The van der Waals surface area contributed by atoms with Gasteiger partial charge in [0.25, 0.3) is 0 Å². The number of amidine groups is 1. The van der Waals surface area contributed by atoms with E-state index in [2.05, 4.69) is 10.2 Å². The molecule has 8 nitrogen and oxygen atoms in total. The number of nitrogens with one attached hydrogen (secondary N) is 2. The van der Waals surface area contributed by atoms with Crippen molar-refractivity contribution in [2.45, 2.75) is 38.3 Å². The molecule has 1 saturated carbocycles. The van der Waals surface area contributed by atoms with Crippen LogP contribution in [0.4, 0.5) is 10.5 Å². The number of hydrogen-bond donors (Lipinski definition) is 3. The molecule has 0 atom stereocenters. The summed E-state index contributed by atoms with van der Waals surface area (Å²) in [6.45, 7) is 3.13. The summed E-state index contributed by atoms with van der Waals surface area (Å²) >= 11 is 0. The van der Waals surface area contributed by atoms with Crippen LogP contribution in [-0.2, 0) is 16.1 Å². The fraction of sp³-hybridized carbons (Fsp3) is 0.423. The summed E-state index contributed by atoms with van der Waals surface area (Å²) in [6, 6.07) is 17.4. The fourth-order valence-electron chi connectivity index (χ4n) is 4.61. The van der Waals surface area contributed by atoms with Gasteiger partial charge in [-0.25, -0.2) is 4.79 Å². The molecule has 0 spiro atoms. The van der Waals surface area contributed by atoms with Crippen molar-refractivity contribution in [3.8, 4) is 0 Å². The van der Waals surface area contributed by atoms with E-state index in [4.69, 9.17) is 15.9 Å². The summed E-state index contributed by atoms with van der Waals surface area (Å²) < 4.78 is 5.49. The van der Waals surface area contributed by atoms with E-state index in [0.717, 1.165) is 50.0 Å². The van der Waals surface area contributed by atoms with Gasteiger partial charge < -0.3 is 25.6 Å². The summed E-state index contributed by atoms with van der Waals surface area (Å²) in [7, 11) is 0. The molecule has 2 fully saturated rings. The summed E-state index contributed by atoms with van der Waals surface area (Å²) in [6.07, 6.45) is 3.06. The molecular formula is C26H33N5O3. The van der Waals surface area contributed by atoms with E-state index in [1.54, 1.807) is 0 Å². The van der Waals surface area contributed by atoms with E-state index < -0.39 is 0 Å². The van der Waals surface area contributed by atoms with Crippen LogP contribution in [-0.4, -0.2) is 55.0 Å². The van der Waals surface area contributed by atoms with E-state index in [-0.39, 0.29) is 29.8 Å². The first kappa shape index (κ1) is 23.6. The number of benzene rings is 2. The quantitative estimate of drug-likeness (QED) is 0.346. The van der Waals surface area contributed by atoms with Gasteiger partial charge in [0.2, 0.25) is 0 Å². The van der Waals surface area contributed by atoms with Crippen LogP contribution in [0.3, 0.4) is 0 Å². The molecule has 2 aromatic rings. The number of anilines is 1. The first-order chi connectivity index (χ1) is 16.5. The van der Waals surface area contributed by atoms with Gasteiger partial charge in [-0.2, -0.15) is 0 Å². The third kappa shape index (κ3) is 6.07. The minimum absolute atomic E-state index is 0.0262. The van der Waals surface area contributed by atoms with Gasteiger partial charge >= 0.3 is 12.0 Å². The molecule has 0 bridgehead atoms. The van der Waals surface area contributed by atoms with Crippen LogP contribution in [0.25, 0.3) is 0 Å². The maximum absolute atomic E-state index is 12.8. The molecule has 1 aliphatic carbocycles. The molecule has 2 aromatic carbocycles. The zero-order chi connectivity index (χ0) is 23.9. The molecule has 0 radical (unpaired) electrons. The lowest BCUT2D eigenvalue weighted by Gasteiger charge is -2.37. The normalized spacial score (nSPS) is 20.5. The number of esters is 1. The van der Waals surface area contributed by atoms with Crippen molar-refractivity contribution in [2.75, 3.05) is 31.1 Å². The van der Waals surface area contributed by atoms with Crippen molar-refractivity contribution in [3.63, 3.8) is 0 Å². The molecule has 1 heterocycles. The number of carbonyl (C=O) groups is 2. The second-order valence-electron chi connectivity index (χ2n) is 9.03. The Hall–Kier alpha value is -3.55. The predicted octanol–water partition coefficient (Wildman–Crippen LogP) is 3.10. The van der Waals surface area contributed by atoms with E-state index in [9.17, 15) is 9.59 Å². The molecule has 2 amide bonds. The van der Waals surface area contributed by atoms with Crippen molar-refractivity contribution in [2.24, 2.45) is 11.7 Å². The van der Waals surface area contributed by atoms with Crippen LogP contribution in [0.15, 0.2) is 54.6 Å². The average molecular weight is 464 g/mol. The lowest BCUT2D eigenvalue weighted by Crippen LogP contribution is -2.54. The predicted molar refractivity (Wildman–Crippen MR) is 132 cm³/mol. The number of urea groups is 1. The maximum Gasteiger partial charge on any atom is 0.317 e. The lowest BCUT2D eigenvalue weighted by atomic mass is 9.86. The van der Waals surface area contributed by atoms with Gasteiger partial charge in [0.05, 0.1) is 5.92 Å². The topological polar surface area (TPSA) is 112 Å². The summed E-state index contributed by atoms with van der Waals surface area (Å²) in [5.74, 6) is -0.165. The Labute approximate surface area is 200 Å². The van der Waals surface area contributed by atoms with Crippen molar-refractivity contribution in [3.05, 3.63) is 65.7 Å². The van der Waals surface area contributed by atoms with Crippen molar-refractivity contribution in [1.29, 1.82) is 5.41 Å². The molecule has 1 aliphatic heterocycles. The molecule has 1 saturated heterocycles. The molecule has 0 unspecified atom stereocenters. The Morgan fingerprint density at radius 1 is 0.941 bits per heavy atom. The van der Waals surface area contributed by atoms with Gasteiger partial charge in [0.1, 0.15) is 12.4 Å². The highest BCUT2D eigenvalue weighted by Crippen LogP contribution is 2.26. The molecule has 180 valence electrons. The number of nitrogens with two attached hydrogens (primary N) is 1. The number of nitrogens with zero attached hydrogens (tertiary/aromatic N) is 2. The molecule has 0 aromatic heterocycles. The average Bonchev–Trinajstić information content (AvgIpc) is 2.88. The van der Waals surface area contributed by atoms with Crippen LogP contribution >= 0.6 is 0 Å². The first-order valence-electron chi connectivity index (χ1n) is 11.9. The third-order valence-corrected chi connectivity index (χ3v) is 6.72.